The summed E-state index contributed by atoms with van der Waals surface area (Å²) in [6, 6.07) is 18.7. The fourth-order valence-electron chi connectivity index (χ4n) is 4.59. The molecule has 3 heterocycles. The third kappa shape index (κ3) is 3.40. The van der Waals surface area contributed by atoms with Crippen molar-refractivity contribution in [1.29, 1.82) is 5.26 Å². The second kappa shape index (κ2) is 7.39. The van der Waals surface area contributed by atoms with Crippen LogP contribution in [0.3, 0.4) is 0 Å². The topological polar surface area (TPSA) is 57.0 Å². The van der Waals surface area contributed by atoms with Crippen LogP contribution in [0.25, 0.3) is 0 Å². The lowest BCUT2D eigenvalue weighted by Gasteiger charge is -2.48. The number of Topliss-reactive ketones (excluding diaryl/α,β-unsaturated/α-hetero) is 1. The molecule has 4 nitrogen and oxygen atoms in total. The predicted octanol–water partition coefficient (Wildman–Crippen LogP) is 3.97. The Labute approximate surface area is 154 Å². The second-order valence-electron chi connectivity index (χ2n) is 7.45. The van der Waals surface area contributed by atoms with Gasteiger partial charge in [-0.3, -0.25) is 9.69 Å². The molecular formula is C22H23N3O. The molecule has 1 aromatic carbocycles. The van der Waals surface area contributed by atoms with Gasteiger partial charge in [-0.15, -0.1) is 0 Å². The minimum absolute atomic E-state index is 0.0266. The number of carbonyl (C=O) groups excluding carboxylic acids is 1. The van der Waals surface area contributed by atoms with E-state index in [-0.39, 0.29) is 11.7 Å². The maximum atomic E-state index is 13.0. The molecule has 2 aliphatic heterocycles. The third-order valence-electron chi connectivity index (χ3n) is 5.82. The Bertz CT molecular complexity index is 813. The Morgan fingerprint density at radius 1 is 1.08 bits per heavy atom. The number of pyridine rings is 1. The van der Waals surface area contributed by atoms with Crippen LogP contribution >= 0.6 is 0 Å². The zero-order valence-corrected chi connectivity index (χ0v) is 14.8. The van der Waals surface area contributed by atoms with Gasteiger partial charge in [-0.25, -0.2) is 4.98 Å². The normalized spacial score (nSPS) is 25.4. The number of benzene rings is 1. The molecule has 0 N–H and O–H groups in total. The molecule has 1 aromatic heterocycles. The minimum Gasteiger partial charge on any atom is -0.293 e. The lowest BCUT2D eigenvalue weighted by molar-refractivity contribution is 0.00891. The van der Waals surface area contributed by atoms with E-state index in [1.165, 1.54) is 24.8 Å². The molecule has 0 amide bonds. The number of ketones is 1. The monoisotopic (exact) mass is 345 g/mol. The number of hydrogen-bond acceptors (Lipinski definition) is 4. The van der Waals surface area contributed by atoms with Gasteiger partial charge >= 0.3 is 0 Å². The first-order chi connectivity index (χ1) is 12.7. The van der Waals surface area contributed by atoms with E-state index in [1.54, 1.807) is 18.2 Å². The van der Waals surface area contributed by atoms with Crippen LogP contribution in [0.15, 0.2) is 48.5 Å². The van der Waals surface area contributed by atoms with Crippen molar-refractivity contribution in [2.45, 2.75) is 50.7 Å². The van der Waals surface area contributed by atoms with Gasteiger partial charge in [0.2, 0.25) is 0 Å². The van der Waals surface area contributed by atoms with Gasteiger partial charge in [0.05, 0.1) is 0 Å². The van der Waals surface area contributed by atoms with Crippen molar-refractivity contribution in [2.24, 2.45) is 5.92 Å². The highest BCUT2D eigenvalue weighted by atomic mass is 16.1. The largest absolute Gasteiger partial charge is 0.293 e. The van der Waals surface area contributed by atoms with Gasteiger partial charge in [0.25, 0.3) is 0 Å². The van der Waals surface area contributed by atoms with Crippen LogP contribution in [-0.4, -0.2) is 27.8 Å². The highest BCUT2D eigenvalue weighted by Gasteiger charge is 2.40. The Kier molecular flexibility index (Phi) is 4.81. The van der Waals surface area contributed by atoms with E-state index >= 15 is 0 Å². The van der Waals surface area contributed by atoms with E-state index in [2.05, 4.69) is 40.2 Å². The fourth-order valence-corrected chi connectivity index (χ4v) is 4.59. The number of nitrogens with zero attached hydrogens (tertiary/aromatic N) is 3. The smallest absolute Gasteiger partial charge is 0.184 e. The molecule has 0 radical (unpaired) electrons. The molecule has 0 aliphatic carbocycles. The maximum absolute atomic E-state index is 13.0. The predicted molar refractivity (Wildman–Crippen MR) is 99.4 cm³/mol. The summed E-state index contributed by atoms with van der Waals surface area (Å²) in [6.45, 7) is 0.971. The van der Waals surface area contributed by atoms with E-state index in [0.29, 0.717) is 23.5 Å². The van der Waals surface area contributed by atoms with Gasteiger partial charge < -0.3 is 0 Å². The van der Waals surface area contributed by atoms with Crippen LogP contribution in [0, 0.1) is 17.2 Å². The summed E-state index contributed by atoms with van der Waals surface area (Å²) in [5.74, 6) is 0.136. The summed E-state index contributed by atoms with van der Waals surface area (Å²) in [6.07, 6.45) is 5.39. The molecule has 26 heavy (non-hydrogen) atoms. The number of fused-ring (bicyclic) bond motifs is 2. The second-order valence-corrected chi connectivity index (χ2v) is 7.45. The summed E-state index contributed by atoms with van der Waals surface area (Å²) in [7, 11) is 0. The number of hydrogen-bond donors (Lipinski definition) is 0. The van der Waals surface area contributed by atoms with Crippen molar-refractivity contribution in [3.63, 3.8) is 0 Å². The molecule has 2 fully saturated rings. The molecule has 0 spiro atoms. The Hall–Kier alpha value is -2.51. The van der Waals surface area contributed by atoms with Crippen molar-refractivity contribution in [3.05, 3.63) is 65.5 Å². The standard InChI is InChI=1S/C22H23N3O/c23-14-18-8-4-11-21(24-18)22(26)17-12-19-9-5-10-20(13-17)25(19)15-16-6-2-1-3-7-16/h1-4,6-8,11,17,19-20H,5,9-10,12-13,15H2. The summed E-state index contributed by atoms with van der Waals surface area (Å²) in [5.41, 5.74) is 2.11. The van der Waals surface area contributed by atoms with Crippen molar-refractivity contribution in [3.8, 4) is 6.07 Å². The first kappa shape index (κ1) is 16.9. The van der Waals surface area contributed by atoms with E-state index < -0.39 is 0 Å². The van der Waals surface area contributed by atoms with Gasteiger partial charge in [0.1, 0.15) is 17.5 Å². The molecule has 2 bridgehead atoms. The van der Waals surface area contributed by atoms with Crippen LogP contribution in [-0.2, 0) is 6.54 Å². The number of piperidine rings is 2. The average Bonchev–Trinajstić information content (AvgIpc) is 2.68. The SMILES string of the molecule is N#Cc1cccc(C(=O)C2CC3CCCC(C2)N3Cc2ccccc2)n1. The van der Waals surface area contributed by atoms with Gasteiger partial charge in [-0.2, -0.15) is 5.26 Å². The first-order valence-electron chi connectivity index (χ1n) is 9.45. The lowest BCUT2D eigenvalue weighted by atomic mass is 9.76. The van der Waals surface area contributed by atoms with E-state index in [0.717, 1.165) is 19.4 Å². The zero-order chi connectivity index (χ0) is 17.9. The van der Waals surface area contributed by atoms with Crippen LogP contribution in [0.2, 0.25) is 0 Å². The van der Waals surface area contributed by atoms with E-state index in [1.807, 2.05) is 6.07 Å². The Morgan fingerprint density at radius 2 is 1.81 bits per heavy atom. The quantitative estimate of drug-likeness (QED) is 0.787. The molecule has 132 valence electrons. The van der Waals surface area contributed by atoms with Crippen LogP contribution < -0.4 is 0 Å². The van der Waals surface area contributed by atoms with Crippen molar-refractivity contribution in [2.75, 3.05) is 0 Å². The molecule has 2 saturated heterocycles. The molecular weight excluding hydrogens is 322 g/mol. The van der Waals surface area contributed by atoms with Crippen molar-refractivity contribution >= 4 is 5.78 Å². The summed E-state index contributed by atoms with van der Waals surface area (Å²) >= 11 is 0. The highest BCUT2D eigenvalue weighted by Crippen LogP contribution is 2.39. The number of carbonyl (C=O) groups is 1. The molecule has 2 aliphatic rings. The summed E-state index contributed by atoms with van der Waals surface area (Å²) in [4.78, 5) is 19.8. The molecule has 2 aromatic rings. The minimum atomic E-state index is 0.0266. The van der Waals surface area contributed by atoms with Crippen molar-refractivity contribution in [1.82, 2.24) is 9.88 Å². The lowest BCUT2D eigenvalue weighted by Crippen LogP contribution is -2.52. The first-order valence-corrected chi connectivity index (χ1v) is 9.45. The van der Waals surface area contributed by atoms with Gasteiger partial charge in [0.15, 0.2) is 5.78 Å². The Balaban J connectivity index is 1.50. The summed E-state index contributed by atoms with van der Waals surface area (Å²) in [5, 5.41) is 9.03. The molecule has 2 unspecified atom stereocenters. The van der Waals surface area contributed by atoms with Gasteiger partial charge in [-0.05, 0) is 43.4 Å². The van der Waals surface area contributed by atoms with E-state index in [9.17, 15) is 4.79 Å². The average molecular weight is 345 g/mol. The molecule has 2 atom stereocenters. The highest BCUT2D eigenvalue weighted by molar-refractivity contribution is 5.96. The Morgan fingerprint density at radius 3 is 2.50 bits per heavy atom. The zero-order valence-electron chi connectivity index (χ0n) is 14.8. The van der Waals surface area contributed by atoms with Crippen LogP contribution in [0.4, 0.5) is 0 Å². The van der Waals surface area contributed by atoms with Crippen LogP contribution in [0.1, 0.15) is 53.8 Å². The molecule has 4 heteroatoms. The number of aromatic nitrogens is 1. The summed E-state index contributed by atoms with van der Waals surface area (Å²) < 4.78 is 0. The van der Waals surface area contributed by atoms with Crippen LogP contribution in [0.5, 0.6) is 0 Å². The van der Waals surface area contributed by atoms with Crippen molar-refractivity contribution < 1.29 is 4.79 Å². The molecule has 4 rings (SSSR count). The number of nitriles is 1. The van der Waals surface area contributed by atoms with E-state index in [4.69, 9.17) is 5.26 Å². The van der Waals surface area contributed by atoms with Gasteiger partial charge in [-0.1, -0.05) is 42.8 Å². The third-order valence-corrected chi connectivity index (χ3v) is 5.82. The number of rotatable bonds is 4. The maximum Gasteiger partial charge on any atom is 0.184 e. The van der Waals surface area contributed by atoms with Gasteiger partial charge in [0, 0.05) is 24.5 Å². The fraction of sp³-hybridized carbons (Fsp3) is 0.409. The molecule has 0 saturated carbocycles.